The number of sulfonamides is 1. The van der Waals surface area contributed by atoms with Crippen LogP contribution in [-0.2, 0) is 10.0 Å². The molecule has 14 heavy (non-hydrogen) atoms. The van der Waals surface area contributed by atoms with Gasteiger partial charge in [0.15, 0.2) is 0 Å². The average molecular weight is 234 g/mol. The minimum absolute atomic E-state index is 0.0538. The van der Waals surface area contributed by atoms with E-state index in [-0.39, 0.29) is 15.5 Å². The van der Waals surface area contributed by atoms with Crippen LogP contribution in [0.25, 0.3) is 0 Å². The molecule has 6 nitrogen and oxygen atoms in total. The lowest BCUT2D eigenvalue weighted by Crippen LogP contribution is -2.39. The van der Waals surface area contributed by atoms with Crippen molar-refractivity contribution < 1.29 is 8.42 Å². The van der Waals surface area contributed by atoms with Gasteiger partial charge < -0.3 is 5.73 Å². The zero-order valence-corrected chi connectivity index (χ0v) is 8.94. The molecule has 0 amide bonds. The van der Waals surface area contributed by atoms with Crippen molar-refractivity contribution in [1.82, 2.24) is 14.9 Å². The summed E-state index contributed by atoms with van der Waals surface area (Å²) in [6.07, 6.45) is 2.87. The zero-order valence-electron chi connectivity index (χ0n) is 7.30. The van der Waals surface area contributed by atoms with Gasteiger partial charge in [0.05, 0.1) is 0 Å². The van der Waals surface area contributed by atoms with Crippen molar-refractivity contribution in [3.63, 3.8) is 0 Å². The lowest BCUT2D eigenvalue weighted by molar-refractivity contribution is 0.383. The Balaban J connectivity index is 2.15. The molecule has 0 unspecified atom stereocenters. The third-order valence-corrected chi connectivity index (χ3v) is 4.72. The van der Waals surface area contributed by atoms with Crippen molar-refractivity contribution in [1.29, 1.82) is 0 Å². The second kappa shape index (κ2) is 3.44. The number of hydrogen-bond donors (Lipinski definition) is 2. The maximum Gasteiger partial charge on any atom is 0.270 e. The number of nitrogen functional groups attached to an aromatic ring is 1. The van der Waals surface area contributed by atoms with Crippen LogP contribution in [0, 0.1) is 0 Å². The number of nitrogens with two attached hydrogens (primary N) is 1. The number of rotatable bonds is 3. The Labute approximate surface area is 85.6 Å². The van der Waals surface area contributed by atoms with Crippen LogP contribution in [0.3, 0.4) is 0 Å². The number of aromatic nitrogens is 2. The Morgan fingerprint density at radius 1 is 1.43 bits per heavy atom. The zero-order chi connectivity index (χ0) is 10.2. The second-order valence-corrected chi connectivity index (χ2v) is 6.05. The van der Waals surface area contributed by atoms with Gasteiger partial charge in [-0.1, -0.05) is 17.8 Å². The molecule has 0 aliphatic heterocycles. The van der Waals surface area contributed by atoms with Crippen molar-refractivity contribution in [2.75, 3.05) is 5.73 Å². The fourth-order valence-corrected chi connectivity index (χ4v) is 3.23. The maximum atomic E-state index is 11.6. The van der Waals surface area contributed by atoms with Gasteiger partial charge in [-0.15, -0.1) is 10.2 Å². The van der Waals surface area contributed by atoms with Crippen molar-refractivity contribution >= 4 is 26.5 Å². The fraction of sp³-hybridized carbons (Fsp3) is 0.667. The molecule has 0 atom stereocenters. The van der Waals surface area contributed by atoms with Gasteiger partial charge in [-0.25, -0.2) is 13.1 Å². The SMILES string of the molecule is Nc1nnc(S(=O)(=O)NC2CCC2)s1. The summed E-state index contributed by atoms with van der Waals surface area (Å²) >= 11 is 0.876. The minimum Gasteiger partial charge on any atom is -0.374 e. The number of nitrogens with zero attached hydrogens (tertiary/aromatic N) is 2. The molecular weight excluding hydrogens is 224 g/mol. The topological polar surface area (TPSA) is 98.0 Å². The first-order valence-corrected chi connectivity index (χ1v) is 6.49. The molecule has 78 valence electrons. The summed E-state index contributed by atoms with van der Waals surface area (Å²) in [7, 11) is -3.48. The molecule has 1 aromatic rings. The number of nitrogens with one attached hydrogen (secondary N) is 1. The highest BCUT2D eigenvalue weighted by Crippen LogP contribution is 2.22. The molecule has 1 saturated carbocycles. The van der Waals surface area contributed by atoms with Gasteiger partial charge in [0, 0.05) is 6.04 Å². The van der Waals surface area contributed by atoms with Crippen LogP contribution in [0.5, 0.6) is 0 Å². The van der Waals surface area contributed by atoms with E-state index >= 15 is 0 Å². The normalized spacial score (nSPS) is 18.0. The minimum atomic E-state index is -3.48. The van der Waals surface area contributed by atoms with Crippen LogP contribution in [0.1, 0.15) is 19.3 Å². The highest BCUT2D eigenvalue weighted by Gasteiger charge is 2.27. The highest BCUT2D eigenvalue weighted by atomic mass is 32.2. The first-order valence-electron chi connectivity index (χ1n) is 4.19. The average Bonchev–Trinajstić information content (AvgIpc) is 2.45. The van der Waals surface area contributed by atoms with E-state index in [9.17, 15) is 8.42 Å². The predicted molar refractivity (Wildman–Crippen MR) is 52.3 cm³/mol. The van der Waals surface area contributed by atoms with E-state index < -0.39 is 10.0 Å². The second-order valence-electron chi connectivity index (χ2n) is 3.16. The Morgan fingerprint density at radius 2 is 2.14 bits per heavy atom. The molecule has 1 aromatic heterocycles. The van der Waals surface area contributed by atoms with E-state index in [4.69, 9.17) is 5.73 Å². The lowest BCUT2D eigenvalue weighted by atomic mass is 9.94. The van der Waals surface area contributed by atoms with Gasteiger partial charge in [0.25, 0.3) is 10.0 Å². The quantitative estimate of drug-likeness (QED) is 0.764. The van der Waals surface area contributed by atoms with Gasteiger partial charge in [0.1, 0.15) is 0 Å². The summed E-state index contributed by atoms with van der Waals surface area (Å²) in [5.74, 6) is 0. The molecule has 0 radical (unpaired) electrons. The summed E-state index contributed by atoms with van der Waals surface area (Å²) in [5.41, 5.74) is 5.31. The van der Waals surface area contributed by atoms with E-state index in [1.165, 1.54) is 0 Å². The van der Waals surface area contributed by atoms with Crippen LogP contribution in [0.2, 0.25) is 0 Å². The summed E-state index contributed by atoms with van der Waals surface area (Å²) in [6.45, 7) is 0. The van der Waals surface area contributed by atoms with E-state index in [2.05, 4.69) is 14.9 Å². The van der Waals surface area contributed by atoms with Gasteiger partial charge in [-0.2, -0.15) is 0 Å². The number of hydrogen-bond acceptors (Lipinski definition) is 6. The summed E-state index contributed by atoms with van der Waals surface area (Å²) in [4.78, 5) is 0. The monoisotopic (exact) mass is 234 g/mol. The Hall–Kier alpha value is -0.730. The van der Waals surface area contributed by atoms with Crippen LogP contribution in [0.15, 0.2) is 4.34 Å². The molecule has 0 aromatic carbocycles. The Morgan fingerprint density at radius 3 is 2.57 bits per heavy atom. The van der Waals surface area contributed by atoms with E-state index in [1.54, 1.807) is 0 Å². The van der Waals surface area contributed by atoms with Gasteiger partial charge >= 0.3 is 0 Å². The van der Waals surface area contributed by atoms with Crippen LogP contribution < -0.4 is 10.5 Å². The fourth-order valence-electron chi connectivity index (χ4n) is 1.12. The first-order chi connectivity index (χ1) is 6.58. The standard InChI is InChI=1S/C6H10N4O2S2/c7-5-8-9-6(13-5)14(11,12)10-4-2-1-3-4/h4,10H,1-3H2,(H2,7,8). The van der Waals surface area contributed by atoms with E-state index in [1.807, 2.05) is 0 Å². The molecule has 0 bridgehead atoms. The lowest BCUT2D eigenvalue weighted by Gasteiger charge is -2.25. The summed E-state index contributed by atoms with van der Waals surface area (Å²) in [5, 5.41) is 7.12. The first kappa shape index (κ1) is 9.81. The molecule has 8 heteroatoms. The predicted octanol–water partition coefficient (Wildman–Crippen LogP) is -0.0489. The van der Waals surface area contributed by atoms with Crippen molar-refractivity contribution in [2.24, 2.45) is 0 Å². The summed E-state index contributed by atoms with van der Waals surface area (Å²) in [6, 6.07) is 0.0603. The molecule has 1 heterocycles. The number of anilines is 1. The van der Waals surface area contributed by atoms with Crippen molar-refractivity contribution in [3.05, 3.63) is 0 Å². The molecule has 3 N–H and O–H groups in total. The maximum absolute atomic E-state index is 11.6. The Kier molecular flexibility index (Phi) is 2.41. The van der Waals surface area contributed by atoms with Gasteiger partial charge in [-0.3, -0.25) is 0 Å². The molecule has 1 fully saturated rings. The molecule has 0 spiro atoms. The Bertz CT molecular complexity index is 423. The summed E-state index contributed by atoms with van der Waals surface area (Å²) < 4.78 is 25.7. The van der Waals surface area contributed by atoms with E-state index in [0.29, 0.717) is 0 Å². The third-order valence-electron chi connectivity index (χ3n) is 2.08. The smallest absolute Gasteiger partial charge is 0.270 e. The van der Waals surface area contributed by atoms with E-state index in [0.717, 1.165) is 30.6 Å². The third kappa shape index (κ3) is 1.86. The highest BCUT2D eigenvalue weighted by molar-refractivity contribution is 7.91. The van der Waals surface area contributed by atoms with Gasteiger partial charge in [-0.05, 0) is 12.8 Å². The van der Waals surface area contributed by atoms with Crippen molar-refractivity contribution in [3.8, 4) is 0 Å². The molecule has 1 aliphatic carbocycles. The molecular formula is C6H10N4O2S2. The van der Waals surface area contributed by atoms with Crippen molar-refractivity contribution in [2.45, 2.75) is 29.6 Å². The molecule has 2 rings (SSSR count). The van der Waals surface area contributed by atoms with Crippen LogP contribution >= 0.6 is 11.3 Å². The largest absolute Gasteiger partial charge is 0.374 e. The molecule has 1 aliphatic rings. The van der Waals surface area contributed by atoms with Gasteiger partial charge in [0.2, 0.25) is 9.47 Å². The van der Waals surface area contributed by atoms with Crippen LogP contribution in [-0.4, -0.2) is 24.7 Å². The molecule has 0 saturated heterocycles. The van der Waals surface area contributed by atoms with Crippen LogP contribution in [0.4, 0.5) is 5.13 Å².